The van der Waals surface area contributed by atoms with Crippen LogP contribution in [0.25, 0.3) is 0 Å². The smallest absolute Gasteiger partial charge is 0.0429 e. The van der Waals surface area contributed by atoms with Gasteiger partial charge in [-0.1, -0.05) is 49.4 Å². The SMILES string of the molecule is CCc1ccc(C)c(N(CC)Cc2ccccc2)c1. The molecule has 0 unspecified atom stereocenters. The van der Waals surface area contributed by atoms with E-state index in [0.29, 0.717) is 0 Å². The lowest BCUT2D eigenvalue weighted by Crippen LogP contribution is -2.23. The van der Waals surface area contributed by atoms with E-state index in [1.165, 1.54) is 22.4 Å². The third-order valence-corrected chi connectivity index (χ3v) is 3.62. The van der Waals surface area contributed by atoms with Gasteiger partial charge in [-0.15, -0.1) is 0 Å². The van der Waals surface area contributed by atoms with Crippen molar-refractivity contribution in [1.29, 1.82) is 0 Å². The summed E-state index contributed by atoms with van der Waals surface area (Å²) in [5.74, 6) is 0. The van der Waals surface area contributed by atoms with Gasteiger partial charge in [0.1, 0.15) is 0 Å². The fourth-order valence-electron chi connectivity index (χ4n) is 2.39. The van der Waals surface area contributed by atoms with Crippen molar-refractivity contribution in [2.45, 2.75) is 33.7 Å². The van der Waals surface area contributed by atoms with E-state index in [1.54, 1.807) is 0 Å². The van der Waals surface area contributed by atoms with Crippen LogP contribution in [0.2, 0.25) is 0 Å². The van der Waals surface area contributed by atoms with E-state index in [2.05, 4.69) is 74.2 Å². The first-order valence-electron chi connectivity index (χ1n) is 7.13. The van der Waals surface area contributed by atoms with E-state index in [9.17, 15) is 0 Å². The molecule has 0 N–H and O–H groups in total. The number of aryl methyl sites for hydroxylation is 2. The van der Waals surface area contributed by atoms with Gasteiger partial charge in [-0.05, 0) is 43.0 Å². The van der Waals surface area contributed by atoms with Crippen molar-refractivity contribution in [3.8, 4) is 0 Å². The fraction of sp³-hybridized carbons (Fsp3) is 0.333. The average Bonchev–Trinajstić information content (AvgIpc) is 2.47. The summed E-state index contributed by atoms with van der Waals surface area (Å²) in [4.78, 5) is 2.45. The van der Waals surface area contributed by atoms with Crippen molar-refractivity contribution in [2.24, 2.45) is 0 Å². The summed E-state index contributed by atoms with van der Waals surface area (Å²) < 4.78 is 0. The van der Waals surface area contributed by atoms with Crippen LogP contribution < -0.4 is 4.90 Å². The number of hydrogen-bond donors (Lipinski definition) is 0. The van der Waals surface area contributed by atoms with Crippen LogP contribution in [0.15, 0.2) is 48.5 Å². The first-order valence-corrected chi connectivity index (χ1v) is 7.13. The molecule has 0 spiro atoms. The maximum absolute atomic E-state index is 2.45. The molecule has 0 bridgehead atoms. The largest absolute Gasteiger partial charge is 0.367 e. The molecule has 0 saturated carbocycles. The lowest BCUT2D eigenvalue weighted by atomic mass is 10.1. The Hall–Kier alpha value is -1.76. The minimum Gasteiger partial charge on any atom is -0.367 e. The molecule has 1 nitrogen and oxygen atoms in total. The van der Waals surface area contributed by atoms with E-state index in [0.717, 1.165) is 19.5 Å². The van der Waals surface area contributed by atoms with Crippen molar-refractivity contribution >= 4 is 5.69 Å². The van der Waals surface area contributed by atoms with Gasteiger partial charge in [0.25, 0.3) is 0 Å². The Balaban J connectivity index is 2.26. The lowest BCUT2D eigenvalue weighted by molar-refractivity contribution is 0.826. The molecule has 0 aliphatic rings. The van der Waals surface area contributed by atoms with Gasteiger partial charge in [-0.3, -0.25) is 0 Å². The van der Waals surface area contributed by atoms with E-state index in [4.69, 9.17) is 0 Å². The van der Waals surface area contributed by atoms with Gasteiger partial charge < -0.3 is 4.90 Å². The molecular formula is C18H23N. The van der Waals surface area contributed by atoms with Crippen LogP contribution in [0, 0.1) is 6.92 Å². The lowest BCUT2D eigenvalue weighted by Gasteiger charge is -2.25. The molecule has 0 fully saturated rings. The molecule has 0 amide bonds. The summed E-state index contributed by atoms with van der Waals surface area (Å²) >= 11 is 0. The fourth-order valence-corrected chi connectivity index (χ4v) is 2.39. The number of anilines is 1. The van der Waals surface area contributed by atoms with Crippen molar-refractivity contribution < 1.29 is 0 Å². The molecule has 0 aromatic heterocycles. The second kappa shape index (κ2) is 6.42. The monoisotopic (exact) mass is 253 g/mol. The van der Waals surface area contributed by atoms with Gasteiger partial charge in [-0.2, -0.15) is 0 Å². The van der Waals surface area contributed by atoms with Crippen LogP contribution in [0.1, 0.15) is 30.5 Å². The Morgan fingerprint density at radius 3 is 2.26 bits per heavy atom. The zero-order valence-electron chi connectivity index (χ0n) is 12.2. The molecule has 100 valence electrons. The second-order valence-electron chi connectivity index (χ2n) is 4.97. The van der Waals surface area contributed by atoms with E-state index < -0.39 is 0 Å². The highest BCUT2D eigenvalue weighted by Gasteiger charge is 2.08. The molecule has 2 aromatic rings. The summed E-state index contributed by atoms with van der Waals surface area (Å²) in [6.07, 6.45) is 1.09. The summed E-state index contributed by atoms with van der Waals surface area (Å²) in [6, 6.07) is 17.5. The van der Waals surface area contributed by atoms with Crippen molar-refractivity contribution in [1.82, 2.24) is 0 Å². The van der Waals surface area contributed by atoms with E-state index >= 15 is 0 Å². The number of hydrogen-bond acceptors (Lipinski definition) is 1. The normalized spacial score (nSPS) is 10.5. The Labute approximate surface area is 116 Å². The van der Waals surface area contributed by atoms with Crippen LogP contribution in [0.5, 0.6) is 0 Å². The van der Waals surface area contributed by atoms with Crippen LogP contribution in [0.3, 0.4) is 0 Å². The van der Waals surface area contributed by atoms with Crippen LogP contribution >= 0.6 is 0 Å². The number of rotatable bonds is 5. The van der Waals surface area contributed by atoms with Gasteiger partial charge in [-0.25, -0.2) is 0 Å². The third-order valence-electron chi connectivity index (χ3n) is 3.62. The van der Waals surface area contributed by atoms with Gasteiger partial charge in [0.2, 0.25) is 0 Å². The zero-order chi connectivity index (χ0) is 13.7. The minimum atomic E-state index is 0.978. The van der Waals surface area contributed by atoms with E-state index in [1.807, 2.05) is 0 Å². The first kappa shape index (κ1) is 13.7. The topological polar surface area (TPSA) is 3.24 Å². The Kier molecular flexibility index (Phi) is 4.62. The first-order chi connectivity index (χ1) is 9.24. The van der Waals surface area contributed by atoms with E-state index in [-0.39, 0.29) is 0 Å². The molecular weight excluding hydrogens is 230 g/mol. The van der Waals surface area contributed by atoms with Gasteiger partial charge >= 0.3 is 0 Å². The van der Waals surface area contributed by atoms with Crippen LogP contribution in [-0.4, -0.2) is 6.54 Å². The van der Waals surface area contributed by atoms with Crippen LogP contribution in [-0.2, 0) is 13.0 Å². The zero-order valence-corrected chi connectivity index (χ0v) is 12.2. The molecule has 0 atom stereocenters. The number of benzene rings is 2. The predicted octanol–water partition coefficient (Wildman–Crippen LogP) is 4.58. The van der Waals surface area contributed by atoms with Crippen molar-refractivity contribution in [2.75, 3.05) is 11.4 Å². The predicted molar refractivity (Wildman–Crippen MR) is 83.7 cm³/mol. The maximum Gasteiger partial charge on any atom is 0.0429 e. The quantitative estimate of drug-likeness (QED) is 0.753. The van der Waals surface area contributed by atoms with Crippen molar-refractivity contribution in [3.63, 3.8) is 0 Å². The molecule has 2 rings (SSSR count). The average molecular weight is 253 g/mol. The summed E-state index contributed by atoms with van der Waals surface area (Å²) in [7, 11) is 0. The molecule has 19 heavy (non-hydrogen) atoms. The Morgan fingerprint density at radius 1 is 0.895 bits per heavy atom. The highest BCUT2D eigenvalue weighted by molar-refractivity contribution is 5.55. The molecule has 0 radical (unpaired) electrons. The molecule has 2 aromatic carbocycles. The molecule has 0 aliphatic carbocycles. The summed E-state index contributed by atoms with van der Waals surface area (Å²) in [6.45, 7) is 8.64. The summed E-state index contributed by atoms with van der Waals surface area (Å²) in [5, 5.41) is 0. The Bertz CT molecular complexity index is 516. The third kappa shape index (κ3) is 3.37. The van der Waals surface area contributed by atoms with Crippen LogP contribution in [0.4, 0.5) is 5.69 Å². The molecule has 0 aliphatic heterocycles. The minimum absolute atomic E-state index is 0.978. The van der Waals surface area contributed by atoms with Gasteiger partial charge in [0.05, 0.1) is 0 Å². The molecule has 1 heteroatoms. The maximum atomic E-state index is 2.45. The number of nitrogens with zero attached hydrogens (tertiary/aromatic N) is 1. The highest BCUT2D eigenvalue weighted by atomic mass is 15.1. The van der Waals surface area contributed by atoms with Gasteiger partial charge in [0, 0.05) is 18.8 Å². The second-order valence-corrected chi connectivity index (χ2v) is 4.97. The molecule has 0 heterocycles. The standard InChI is InChI=1S/C18H23N/c1-4-16-12-11-15(3)18(13-16)19(5-2)14-17-9-7-6-8-10-17/h6-13H,4-5,14H2,1-3H3. The van der Waals surface area contributed by atoms with Crippen molar-refractivity contribution in [3.05, 3.63) is 65.2 Å². The van der Waals surface area contributed by atoms with Gasteiger partial charge in [0.15, 0.2) is 0 Å². The Morgan fingerprint density at radius 2 is 1.63 bits per heavy atom. The highest BCUT2D eigenvalue weighted by Crippen LogP contribution is 2.23. The molecule has 0 saturated heterocycles. The summed E-state index contributed by atoms with van der Waals surface area (Å²) in [5.41, 5.74) is 5.50.